The summed E-state index contributed by atoms with van der Waals surface area (Å²) in [5.41, 5.74) is 0.791. The van der Waals surface area contributed by atoms with Crippen molar-refractivity contribution in [2.45, 2.75) is 38.3 Å². The predicted octanol–water partition coefficient (Wildman–Crippen LogP) is 1.99. The van der Waals surface area contributed by atoms with E-state index < -0.39 is 5.97 Å². The van der Waals surface area contributed by atoms with E-state index in [0.717, 1.165) is 12.8 Å². The molecule has 0 spiro atoms. The molecule has 2 aromatic rings. The molecule has 3 rings (SSSR count). The van der Waals surface area contributed by atoms with E-state index >= 15 is 0 Å². The number of hydrogen-bond donors (Lipinski definition) is 2. The van der Waals surface area contributed by atoms with Crippen LogP contribution >= 0.6 is 0 Å². The van der Waals surface area contributed by atoms with Gasteiger partial charge in [0.15, 0.2) is 0 Å². The van der Waals surface area contributed by atoms with Crippen molar-refractivity contribution >= 4 is 17.0 Å². The van der Waals surface area contributed by atoms with Gasteiger partial charge in [0.05, 0.1) is 35.9 Å². The number of benzene rings is 1. The number of fused-ring (bicyclic) bond motifs is 1. The van der Waals surface area contributed by atoms with Gasteiger partial charge in [0, 0.05) is 0 Å². The summed E-state index contributed by atoms with van der Waals surface area (Å²) in [5.74, 6) is -1.05. The van der Waals surface area contributed by atoms with Crippen molar-refractivity contribution in [3.8, 4) is 0 Å². The average Bonchev–Trinajstić information content (AvgIpc) is 3.07. The van der Waals surface area contributed by atoms with Gasteiger partial charge in [0.1, 0.15) is 0 Å². The number of hydrogen-bond acceptors (Lipinski definition) is 3. The monoisotopic (exact) mass is 290 g/mol. The van der Waals surface area contributed by atoms with Gasteiger partial charge in [-0.25, -0.2) is 9.59 Å². The molecule has 0 aliphatic heterocycles. The fraction of sp³-hybridized carbons (Fsp3) is 0.467. The minimum absolute atomic E-state index is 0.111. The van der Waals surface area contributed by atoms with Crippen LogP contribution in [0.2, 0.25) is 0 Å². The van der Waals surface area contributed by atoms with E-state index in [1.165, 1.54) is 23.5 Å². The number of nitrogens with zero attached hydrogens (tertiary/aromatic N) is 1. The second kappa shape index (κ2) is 5.73. The summed E-state index contributed by atoms with van der Waals surface area (Å²) in [6.45, 7) is 0.896. The summed E-state index contributed by atoms with van der Waals surface area (Å²) in [7, 11) is 0. The Labute approximate surface area is 121 Å². The Morgan fingerprint density at radius 1 is 1.38 bits per heavy atom. The van der Waals surface area contributed by atoms with Crippen molar-refractivity contribution in [3.05, 3.63) is 34.2 Å². The number of aromatic amines is 1. The number of aromatic nitrogens is 2. The summed E-state index contributed by atoms with van der Waals surface area (Å²) >= 11 is 0. The van der Waals surface area contributed by atoms with E-state index in [1.807, 2.05) is 0 Å². The Morgan fingerprint density at radius 2 is 2.14 bits per heavy atom. The largest absolute Gasteiger partial charge is 0.478 e. The molecule has 2 N–H and O–H groups in total. The van der Waals surface area contributed by atoms with Crippen LogP contribution in [0.5, 0.6) is 0 Å². The number of H-pyrrole nitrogens is 1. The molecule has 6 heteroatoms. The van der Waals surface area contributed by atoms with Crippen molar-refractivity contribution in [2.75, 3.05) is 6.61 Å². The van der Waals surface area contributed by atoms with Gasteiger partial charge in [-0.15, -0.1) is 0 Å². The number of rotatable bonds is 5. The van der Waals surface area contributed by atoms with Crippen LogP contribution in [0.4, 0.5) is 0 Å². The van der Waals surface area contributed by atoms with Crippen LogP contribution in [0.1, 0.15) is 36.0 Å². The predicted molar refractivity (Wildman–Crippen MR) is 77.7 cm³/mol. The lowest BCUT2D eigenvalue weighted by atomic mass is 10.2. The number of carbonyl (C=O) groups is 1. The van der Waals surface area contributed by atoms with E-state index in [4.69, 9.17) is 9.84 Å². The zero-order valence-electron chi connectivity index (χ0n) is 11.7. The van der Waals surface area contributed by atoms with Gasteiger partial charge in [-0.3, -0.25) is 4.57 Å². The molecular formula is C15H18N2O4. The van der Waals surface area contributed by atoms with Gasteiger partial charge in [0.25, 0.3) is 0 Å². The van der Waals surface area contributed by atoms with Gasteiger partial charge in [-0.2, -0.15) is 0 Å². The third-order valence-electron chi connectivity index (χ3n) is 4.01. The van der Waals surface area contributed by atoms with Crippen molar-refractivity contribution in [1.29, 1.82) is 0 Å². The molecule has 1 heterocycles. The van der Waals surface area contributed by atoms with Gasteiger partial charge >= 0.3 is 11.7 Å². The molecule has 1 saturated carbocycles. The summed E-state index contributed by atoms with van der Waals surface area (Å²) in [6, 6.07) is 4.88. The second-order valence-corrected chi connectivity index (χ2v) is 5.36. The molecule has 0 unspecified atom stereocenters. The summed E-state index contributed by atoms with van der Waals surface area (Å²) in [6.07, 6.45) is 4.90. The first kappa shape index (κ1) is 13.9. The normalized spacial score (nSPS) is 15.8. The highest BCUT2D eigenvalue weighted by Crippen LogP contribution is 2.21. The molecule has 0 atom stereocenters. The Morgan fingerprint density at radius 3 is 2.86 bits per heavy atom. The number of nitrogens with one attached hydrogen (secondary N) is 1. The number of carboxylic acid groups (broad SMARTS) is 1. The van der Waals surface area contributed by atoms with E-state index in [2.05, 4.69) is 4.98 Å². The Bertz CT molecular complexity index is 710. The minimum atomic E-state index is -1.05. The molecular weight excluding hydrogens is 272 g/mol. The van der Waals surface area contributed by atoms with Crippen molar-refractivity contribution in [3.63, 3.8) is 0 Å². The van der Waals surface area contributed by atoms with Crippen LogP contribution in [-0.4, -0.2) is 33.3 Å². The highest BCUT2D eigenvalue weighted by atomic mass is 16.5. The van der Waals surface area contributed by atoms with E-state index in [9.17, 15) is 9.59 Å². The molecule has 0 bridgehead atoms. The SMILES string of the molecule is O=C(O)c1cccc2c1[nH]c(=O)n2CCOC1CCCC1. The Hall–Kier alpha value is -2.08. The minimum Gasteiger partial charge on any atom is -0.478 e. The number of ether oxygens (including phenoxy) is 1. The lowest BCUT2D eigenvalue weighted by Gasteiger charge is -2.11. The fourth-order valence-corrected chi connectivity index (χ4v) is 2.95. The van der Waals surface area contributed by atoms with Crippen molar-refractivity contribution in [1.82, 2.24) is 9.55 Å². The molecule has 1 aliphatic carbocycles. The summed E-state index contributed by atoms with van der Waals surface area (Å²) in [4.78, 5) is 25.8. The van der Waals surface area contributed by atoms with Crippen molar-refractivity contribution < 1.29 is 14.6 Å². The molecule has 0 amide bonds. The lowest BCUT2D eigenvalue weighted by Crippen LogP contribution is -2.21. The first-order chi connectivity index (χ1) is 10.2. The molecule has 0 saturated heterocycles. The number of imidazole rings is 1. The molecule has 0 radical (unpaired) electrons. The van der Waals surface area contributed by atoms with Gasteiger partial charge in [-0.05, 0) is 25.0 Å². The van der Waals surface area contributed by atoms with Crippen LogP contribution in [0, 0.1) is 0 Å². The summed E-state index contributed by atoms with van der Waals surface area (Å²) < 4.78 is 7.31. The third-order valence-corrected chi connectivity index (χ3v) is 4.01. The fourth-order valence-electron chi connectivity index (χ4n) is 2.95. The maximum atomic E-state index is 12.0. The van der Waals surface area contributed by atoms with Crippen LogP contribution in [0.15, 0.2) is 23.0 Å². The van der Waals surface area contributed by atoms with Crippen LogP contribution < -0.4 is 5.69 Å². The van der Waals surface area contributed by atoms with Crippen LogP contribution in [0.3, 0.4) is 0 Å². The number of carboxylic acids is 1. The molecule has 1 aromatic heterocycles. The van der Waals surface area contributed by atoms with Gasteiger partial charge in [0.2, 0.25) is 0 Å². The quantitative estimate of drug-likeness (QED) is 0.882. The lowest BCUT2D eigenvalue weighted by molar-refractivity contribution is 0.0531. The highest BCUT2D eigenvalue weighted by molar-refractivity contribution is 6.00. The van der Waals surface area contributed by atoms with Crippen LogP contribution in [0.25, 0.3) is 11.0 Å². The highest BCUT2D eigenvalue weighted by Gasteiger charge is 2.17. The molecule has 1 aromatic carbocycles. The average molecular weight is 290 g/mol. The topological polar surface area (TPSA) is 84.3 Å². The molecule has 1 aliphatic rings. The maximum Gasteiger partial charge on any atom is 0.337 e. The Kier molecular flexibility index (Phi) is 3.79. The molecule has 1 fully saturated rings. The van der Waals surface area contributed by atoms with E-state index in [-0.39, 0.29) is 11.3 Å². The Balaban J connectivity index is 1.81. The van der Waals surface area contributed by atoms with E-state index in [1.54, 1.807) is 12.1 Å². The molecule has 21 heavy (non-hydrogen) atoms. The van der Waals surface area contributed by atoms with E-state index in [0.29, 0.717) is 30.3 Å². The zero-order valence-corrected chi connectivity index (χ0v) is 11.7. The standard InChI is InChI=1S/C15H18N2O4/c18-14(19)11-6-3-7-12-13(11)16-15(20)17(12)8-9-21-10-4-1-2-5-10/h3,6-7,10H,1-2,4-5,8-9H2,(H,16,20)(H,18,19). The zero-order chi connectivity index (χ0) is 14.8. The molecule has 6 nitrogen and oxygen atoms in total. The smallest absolute Gasteiger partial charge is 0.337 e. The first-order valence-corrected chi connectivity index (χ1v) is 7.23. The molecule has 112 valence electrons. The number of aromatic carboxylic acids is 1. The van der Waals surface area contributed by atoms with Crippen molar-refractivity contribution in [2.24, 2.45) is 0 Å². The van der Waals surface area contributed by atoms with Crippen LogP contribution in [-0.2, 0) is 11.3 Å². The van der Waals surface area contributed by atoms with Gasteiger partial charge in [-0.1, -0.05) is 18.9 Å². The summed E-state index contributed by atoms with van der Waals surface area (Å²) in [5, 5.41) is 9.15. The third kappa shape index (κ3) is 2.71. The van der Waals surface area contributed by atoms with Gasteiger partial charge < -0.3 is 14.8 Å². The second-order valence-electron chi connectivity index (χ2n) is 5.36. The maximum absolute atomic E-state index is 12.0. The first-order valence-electron chi connectivity index (χ1n) is 7.23. The number of para-hydroxylation sites is 1.